The molecule has 0 aliphatic carbocycles. The second-order valence-electron chi connectivity index (χ2n) is 5.79. The van der Waals surface area contributed by atoms with Crippen molar-refractivity contribution in [2.75, 3.05) is 0 Å². The van der Waals surface area contributed by atoms with E-state index >= 15 is 0 Å². The first-order chi connectivity index (χ1) is 13.6. The maximum absolute atomic E-state index is 12.9. The molecule has 1 N–H and O–H groups in total. The van der Waals surface area contributed by atoms with Gasteiger partial charge >= 0.3 is 11.9 Å². The number of aromatic nitrogens is 4. The quantitative estimate of drug-likeness (QED) is 0.245. The van der Waals surface area contributed by atoms with Gasteiger partial charge in [0.05, 0.1) is 5.56 Å². The molecule has 0 fully saturated rings. The molecule has 0 spiro atoms. The summed E-state index contributed by atoms with van der Waals surface area (Å²) in [6.45, 7) is 0. The monoisotopic (exact) mass is 376 g/mol. The van der Waals surface area contributed by atoms with Crippen molar-refractivity contribution in [1.29, 1.82) is 0 Å². The minimum atomic E-state index is -1.28. The number of rotatable bonds is 3. The molecule has 0 radical (unpaired) electrons. The van der Waals surface area contributed by atoms with Gasteiger partial charge in [0.25, 0.3) is 0 Å². The molecule has 0 bridgehead atoms. The van der Waals surface area contributed by atoms with Gasteiger partial charge in [-0.25, -0.2) is 9.59 Å². The Morgan fingerprint density at radius 2 is 1.68 bits per heavy atom. The maximum atomic E-state index is 12.9. The van der Waals surface area contributed by atoms with Gasteiger partial charge in [-0.05, 0) is 17.3 Å². The smallest absolute Gasteiger partial charge is 0.423 e. The van der Waals surface area contributed by atoms with E-state index in [1.165, 1.54) is 12.1 Å². The van der Waals surface area contributed by atoms with Crippen LogP contribution in [0.3, 0.4) is 0 Å². The normalized spacial score (nSPS) is 13.1. The number of ketones is 1. The van der Waals surface area contributed by atoms with Gasteiger partial charge in [-0.2, -0.15) is 5.21 Å². The van der Waals surface area contributed by atoms with Crippen LogP contribution < -0.4 is 9.47 Å². The highest BCUT2D eigenvalue weighted by Gasteiger charge is 2.36. The van der Waals surface area contributed by atoms with Gasteiger partial charge in [0.1, 0.15) is 11.0 Å². The number of hydrogen-bond acceptors (Lipinski definition) is 9. The summed E-state index contributed by atoms with van der Waals surface area (Å²) in [5.74, 6) is -3.38. The predicted molar refractivity (Wildman–Crippen MR) is 90.5 cm³/mol. The first-order valence-electron chi connectivity index (χ1n) is 8.00. The van der Waals surface area contributed by atoms with Crippen LogP contribution in [0, 0.1) is 0 Å². The molecule has 136 valence electrons. The molecule has 28 heavy (non-hydrogen) atoms. The summed E-state index contributed by atoms with van der Waals surface area (Å²) in [6.07, 6.45) is 0. The van der Waals surface area contributed by atoms with E-state index in [9.17, 15) is 14.4 Å². The van der Waals surface area contributed by atoms with Crippen LogP contribution in [0.15, 0.2) is 46.9 Å². The molecule has 0 unspecified atom stereocenters. The topological polar surface area (TPSA) is 137 Å². The van der Waals surface area contributed by atoms with Crippen LogP contribution in [0.25, 0.3) is 22.4 Å². The minimum Gasteiger partial charge on any atom is -0.448 e. The summed E-state index contributed by atoms with van der Waals surface area (Å²) in [5.41, 5.74) is 0.790. The first-order valence-corrected chi connectivity index (χ1v) is 8.00. The number of H-pyrrole nitrogens is 1. The highest BCUT2D eigenvalue weighted by Crippen LogP contribution is 2.45. The maximum Gasteiger partial charge on any atom is 0.423 e. The Morgan fingerprint density at radius 1 is 0.929 bits per heavy atom. The molecule has 4 aromatic rings. The number of esters is 2. The minimum absolute atomic E-state index is 0.0550. The molecule has 0 saturated carbocycles. The number of ether oxygens (including phenoxy) is 2. The summed E-state index contributed by atoms with van der Waals surface area (Å²) in [6, 6.07) is 11.4. The lowest BCUT2D eigenvalue weighted by Crippen LogP contribution is -2.24. The van der Waals surface area contributed by atoms with Crippen molar-refractivity contribution in [2.45, 2.75) is 0 Å². The third kappa shape index (κ3) is 2.28. The van der Waals surface area contributed by atoms with Crippen molar-refractivity contribution in [3.05, 3.63) is 53.8 Å². The highest BCUT2D eigenvalue weighted by atomic mass is 16.6. The number of furan rings is 1. The SMILES string of the molecule is O=C1Oc2c(-c3nn[nH]n3)ccc3oc(C(=O)c4ccccc4)c(c23)OC1=O. The van der Waals surface area contributed by atoms with Crippen molar-refractivity contribution in [1.82, 2.24) is 20.6 Å². The molecule has 0 atom stereocenters. The molecule has 2 aromatic heterocycles. The number of tetrazole rings is 1. The predicted octanol–water partition coefficient (Wildman–Crippen LogP) is 1.67. The number of aromatic amines is 1. The molecule has 1 aliphatic rings. The first kappa shape index (κ1) is 15.9. The van der Waals surface area contributed by atoms with E-state index < -0.39 is 17.7 Å². The van der Waals surface area contributed by atoms with Gasteiger partial charge in [0.2, 0.25) is 17.4 Å². The van der Waals surface area contributed by atoms with Crippen LogP contribution in [-0.2, 0) is 9.59 Å². The van der Waals surface area contributed by atoms with E-state index in [-0.39, 0.29) is 39.6 Å². The van der Waals surface area contributed by atoms with Crippen molar-refractivity contribution in [2.24, 2.45) is 0 Å². The summed E-state index contributed by atoms with van der Waals surface area (Å²) in [4.78, 5) is 36.9. The van der Waals surface area contributed by atoms with E-state index in [1.54, 1.807) is 30.3 Å². The van der Waals surface area contributed by atoms with E-state index in [4.69, 9.17) is 13.9 Å². The summed E-state index contributed by atoms with van der Waals surface area (Å²) >= 11 is 0. The van der Waals surface area contributed by atoms with Crippen LogP contribution in [0.1, 0.15) is 16.1 Å². The largest absolute Gasteiger partial charge is 0.448 e. The van der Waals surface area contributed by atoms with Crippen LogP contribution in [0.4, 0.5) is 0 Å². The molecule has 3 heterocycles. The lowest BCUT2D eigenvalue weighted by Gasteiger charge is -2.04. The Bertz CT molecular complexity index is 1260. The Kier molecular flexibility index (Phi) is 3.31. The Hall–Kier alpha value is -4.34. The number of nitrogens with one attached hydrogen (secondary N) is 1. The fourth-order valence-corrected chi connectivity index (χ4v) is 2.93. The zero-order chi connectivity index (χ0) is 19.3. The molecule has 2 aromatic carbocycles. The van der Waals surface area contributed by atoms with Crippen molar-refractivity contribution >= 4 is 28.7 Å². The molecule has 5 rings (SSSR count). The van der Waals surface area contributed by atoms with E-state index in [1.807, 2.05) is 0 Å². The average Bonchev–Trinajstić information content (AvgIpc) is 3.34. The molecule has 10 heteroatoms. The molecular weight excluding hydrogens is 368 g/mol. The number of carbonyl (C=O) groups excluding carboxylic acids is 3. The van der Waals surface area contributed by atoms with Crippen molar-refractivity contribution < 1.29 is 28.3 Å². The van der Waals surface area contributed by atoms with Crippen LogP contribution in [0.2, 0.25) is 0 Å². The average molecular weight is 376 g/mol. The summed E-state index contributed by atoms with van der Waals surface area (Å²) in [5, 5.41) is 13.6. The summed E-state index contributed by atoms with van der Waals surface area (Å²) in [7, 11) is 0. The number of benzene rings is 2. The lowest BCUT2D eigenvalue weighted by atomic mass is 10.1. The van der Waals surface area contributed by atoms with E-state index in [2.05, 4.69) is 20.6 Å². The zero-order valence-electron chi connectivity index (χ0n) is 13.8. The van der Waals surface area contributed by atoms with E-state index in [0.717, 1.165) is 0 Å². The van der Waals surface area contributed by atoms with Crippen LogP contribution >= 0.6 is 0 Å². The molecule has 0 saturated heterocycles. The van der Waals surface area contributed by atoms with Crippen LogP contribution in [0.5, 0.6) is 11.5 Å². The molecule has 1 aliphatic heterocycles. The second kappa shape index (κ2) is 5.84. The number of nitrogens with zero attached hydrogens (tertiary/aromatic N) is 3. The van der Waals surface area contributed by atoms with Crippen LogP contribution in [-0.4, -0.2) is 38.3 Å². The van der Waals surface area contributed by atoms with Gasteiger partial charge in [0, 0.05) is 5.56 Å². The van der Waals surface area contributed by atoms with Gasteiger partial charge < -0.3 is 13.9 Å². The highest BCUT2D eigenvalue weighted by molar-refractivity contribution is 6.33. The Morgan fingerprint density at radius 3 is 2.39 bits per heavy atom. The van der Waals surface area contributed by atoms with Gasteiger partial charge in [0.15, 0.2) is 11.5 Å². The van der Waals surface area contributed by atoms with Gasteiger partial charge in [-0.3, -0.25) is 4.79 Å². The van der Waals surface area contributed by atoms with Crippen molar-refractivity contribution in [3.63, 3.8) is 0 Å². The molecule has 0 amide bonds. The van der Waals surface area contributed by atoms with Crippen molar-refractivity contribution in [3.8, 4) is 22.9 Å². The summed E-state index contributed by atoms with van der Waals surface area (Å²) < 4.78 is 16.0. The fraction of sp³-hybridized carbons (Fsp3) is 0. The van der Waals surface area contributed by atoms with E-state index in [0.29, 0.717) is 5.56 Å². The van der Waals surface area contributed by atoms with Gasteiger partial charge in [-0.1, -0.05) is 30.3 Å². The third-order valence-corrected chi connectivity index (χ3v) is 4.15. The van der Waals surface area contributed by atoms with Gasteiger partial charge in [-0.15, -0.1) is 10.2 Å². The number of carbonyl (C=O) groups is 3. The molecular formula is C18H8N4O6. The second-order valence-corrected chi connectivity index (χ2v) is 5.79. The fourth-order valence-electron chi connectivity index (χ4n) is 2.93. The molecule has 10 nitrogen and oxygen atoms in total. The number of hydrogen-bond donors (Lipinski definition) is 1. The third-order valence-electron chi connectivity index (χ3n) is 4.15. The Labute approximate surface area is 155 Å². The Balaban J connectivity index is 1.80. The lowest BCUT2D eigenvalue weighted by molar-refractivity contribution is -0.155. The zero-order valence-corrected chi connectivity index (χ0v) is 13.8. The standard InChI is InChI=1S/C18H8N4O6/c23-12(8-4-2-1-3-5-8)15-14-11-10(26-15)7-6-9(16-19-21-22-20-16)13(11)27-17(24)18(25)28-14/h1-7H,(H,19,20,21,22).